The number of rotatable bonds is 13. The van der Waals surface area contributed by atoms with Gasteiger partial charge in [0, 0.05) is 0 Å². The van der Waals surface area contributed by atoms with Crippen molar-refractivity contribution in [1.82, 2.24) is 0 Å². The lowest BCUT2D eigenvalue weighted by Gasteiger charge is -2.29. The van der Waals surface area contributed by atoms with E-state index in [1.165, 1.54) is 88.2 Å². The average Bonchev–Trinajstić information content (AvgIpc) is 2.41. The number of quaternary nitrogens is 1. The van der Waals surface area contributed by atoms with E-state index in [0.29, 0.717) is 0 Å². The molecule has 0 saturated heterocycles. The van der Waals surface area contributed by atoms with Crippen LogP contribution in [0.15, 0.2) is 0 Å². The molecule has 2 N–H and O–H groups in total. The molecule has 0 aromatic rings. The topological polar surface area (TPSA) is 80.6 Å². The Morgan fingerprint density at radius 3 is 1.43 bits per heavy atom. The summed E-state index contributed by atoms with van der Waals surface area (Å²) in [6, 6.07) is 0. The maximum absolute atomic E-state index is 8.77. The highest BCUT2D eigenvalue weighted by Crippen LogP contribution is 2.19. The van der Waals surface area contributed by atoms with E-state index in [2.05, 4.69) is 27.9 Å². The number of hydrogen-bond donors (Lipinski definition) is 2. The molecule has 0 atom stereocenters. The van der Waals surface area contributed by atoms with Gasteiger partial charge in [-0.05, 0) is 19.3 Å². The molecule has 0 rings (SSSR count). The summed E-state index contributed by atoms with van der Waals surface area (Å²) in [4.78, 5) is 22.9. The van der Waals surface area contributed by atoms with Crippen LogP contribution in [0.2, 0.25) is 0 Å². The van der Waals surface area contributed by atoms with Crippen LogP contribution in [0.3, 0.4) is 0 Å². The van der Waals surface area contributed by atoms with E-state index < -0.39 is 7.82 Å². The van der Waals surface area contributed by atoms with Gasteiger partial charge in [-0.25, -0.2) is 0 Å². The van der Waals surface area contributed by atoms with Crippen LogP contribution in [-0.2, 0) is 4.57 Å². The molecule has 0 aliphatic rings. The maximum Gasteiger partial charge on any atom is 0.262 e. The second-order valence-electron chi connectivity index (χ2n) is 7.06. The molecule has 0 unspecified atom stereocenters. The molecule has 23 heavy (non-hydrogen) atoms. The molecular formula is C17H40NO4P. The Morgan fingerprint density at radius 1 is 0.739 bits per heavy atom. The lowest BCUT2D eigenvalue weighted by atomic mass is 10.1. The summed E-state index contributed by atoms with van der Waals surface area (Å²) in [6.45, 7) is 7.31. The minimum atomic E-state index is -4.89. The smallest absolute Gasteiger partial charge is 0.262 e. The van der Waals surface area contributed by atoms with Crippen LogP contribution in [0.1, 0.15) is 84.5 Å². The van der Waals surface area contributed by atoms with Gasteiger partial charge in [-0.1, -0.05) is 65.2 Å². The predicted octanol–water partition coefficient (Wildman–Crippen LogP) is 3.83. The molecule has 0 fully saturated rings. The first-order valence-electron chi connectivity index (χ1n) is 9.21. The normalized spacial score (nSPS) is 12.0. The number of phosphoric acid groups is 1. The number of unbranched alkanes of at least 4 members (excludes halogenated alkanes) is 9. The van der Waals surface area contributed by atoms with Crippen molar-refractivity contribution in [3.63, 3.8) is 0 Å². The Hall–Kier alpha value is 0.0700. The minimum absolute atomic E-state index is 1.23. The quantitative estimate of drug-likeness (QED) is 0.299. The zero-order chi connectivity index (χ0) is 18.2. The molecule has 6 heteroatoms. The van der Waals surface area contributed by atoms with Gasteiger partial charge < -0.3 is 19.2 Å². The molecule has 0 aromatic carbocycles. The number of nitrogens with zero attached hydrogens (tertiary/aromatic N) is 1. The van der Waals surface area contributed by atoms with Crippen molar-refractivity contribution < 1.29 is 23.7 Å². The molecule has 5 nitrogen and oxygen atoms in total. The monoisotopic (exact) mass is 353 g/mol. The SMILES string of the molecule is CCCCCCCCCCC[N+](C)(C)CCCC.O=P([O-])(O)O. The van der Waals surface area contributed by atoms with Crippen molar-refractivity contribution in [3.05, 3.63) is 0 Å². The molecule has 0 spiro atoms. The van der Waals surface area contributed by atoms with Crippen LogP contribution in [0, 0.1) is 0 Å². The van der Waals surface area contributed by atoms with Gasteiger partial charge in [0.1, 0.15) is 0 Å². The maximum atomic E-state index is 8.77. The Bertz CT molecular complexity index is 284. The molecular weight excluding hydrogens is 313 g/mol. The Morgan fingerprint density at radius 2 is 1.04 bits per heavy atom. The zero-order valence-electron chi connectivity index (χ0n) is 15.8. The van der Waals surface area contributed by atoms with Crippen molar-refractivity contribution in [3.8, 4) is 0 Å². The first-order valence-corrected chi connectivity index (χ1v) is 10.7. The van der Waals surface area contributed by atoms with Crippen LogP contribution in [-0.4, -0.2) is 41.5 Å². The van der Waals surface area contributed by atoms with E-state index in [4.69, 9.17) is 19.2 Å². The van der Waals surface area contributed by atoms with Crippen LogP contribution >= 0.6 is 7.82 Å². The average molecular weight is 353 g/mol. The first kappa shape index (κ1) is 25.3. The van der Waals surface area contributed by atoms with Gasteiger partial charge >= 0.3 is 0 Å². The molecule has 0 aliphatic heterocycles. The van der Waals surface area contributed by atoms with E-state index in [9.17, 15) is 0 Å². The van der Waals surface area contributed by atoms with Crippen molar-refractivity contribution in [1.29, 1.82) is 0 Å². The van der Waals surface area contributed by atoms with Gasteiger partial charge in [0.05, 0.1) is 27.2 Å². The summed E-state index contributed by atoms with van der Waals surface area (Å²) in [5, 5.41) is 0. The van der Waals surface area contributed by atoms with Crippen molar-refractivity contribution in [2.75, 3.05) is 27.2 Å². The molecule has 0 saturated carbocycles. The van der Waals surface area contributed by atoms with Crippen LogP contribution in [0.5, 0.6) is 0 Å². The van der Waals surface area contributed by atoms with Crippen molar-refractivity contribution >= 4 is 7.82 Å². The van der Waals surface area contributed by atoms with Gasteiger partial charge in [-0.15, -0.1) is 0 Å². The van der Waals surface area contributed by atoms with E-state index >= 15 is 0 Å². The summed E-state index contributed by atoms with van der Waals surface area (Å²) < 4.78 is 10.00. The second kappa shape index (κ2) is 15.6. The fraction of sp³-hybridized carbons (Fsp3) is 1.00. The van der Waals surface area contributed by atoms with E-state index in [1.807, 2.05) is 0 Å². The molecule has 0 aliphatic carbocycles. The second-order valence-corrected chi connectivity index (χ2v) is 8.04. The van der Waals surface area contributed by atoms with Crippen LogP contribution in [0.4, 0.5) is 0 Å². The lowest BCUT2D eigenvalue weighted by Crippen LogP contribution is -2.41. The molecule has 0 aromatic heterocycles. The third kappa shape index (κ3) is 30.5. The predicted molar refractivity (Wildman–Crippen MR) is 96.0 cm³/mol. The highest BCUT2D eigenvalue weighted by Gasteiger charge is 2.12. The summed E-state index contributed by atoms with van der Waals surface area (Å²) in [7, 11) is -0.110. The Balaban J connectivity index is 0. The van der Waals surface area contributed by atoms with Crippen LogP contribution in [0.25, 0.3) is 0 Å². The zero-order valence-corrected chi connectivity index (χ0v) is 16.7. The van der Waals surface area contributed by atoms with Gasteiger partial charge in [-0.3, -0.25) is 4.57 Å². The Kier molecular flexibility index (Phi) is 17.2. The standard InChI is InChI=1S/C17H38N.H3O4P/c1-5-7-9-10-11-12-13-14-15-17-18(3,4)16-8-6-2;1-5(2,3)4/h5-17H2,1-4H3;(H3,1,2,3,4)/q+1;/p-1. The molecule has 0 amide bonds. The van der Waals surface area contributed by atoms with Gasteiger partial charge in [0.25, 0.3) is 7.82 Å². The fourth-order valence-corrected chi connectivity index (χ4v) is 2.55. The van der Waals surface area contributed by atoms with E-state index in [1.54, 1.807) is 0 Å². The number of hydrogen-bond acceptors (Lipinski definition) is 2. The van der Waals surface area contributed by atoms with Crippen LogP contribution < -0.4 is 4.89 Å². The third-order valence-corrected chi connectivity index (χ3v) is 3.98. The highest BCUT2D eigenvalue weighted by atomic mass is 31.2. The molecule has 0 bridgehead atoms. The van der Waals surface area contributed by atoms with E-state index in [-0.39, 0.29) is 0 Å². The molecule has 142 valence electrons. The first-order chi connectivity index (χ1) is 10.6. The summed E-state index contributed by atoms with van der Waals surface area (Å²) in [5.41, 5.74) is 0. The molecule has 0 radical (unpaired) electrons. The van der Waals surface area contributed by atoms with Crippen molar-refractivity contribution in [2.24, 2.45) is 0 Å². The summed E-state index contributed by atoms with van der Waals surface area (Å²) >= 11 is 0. The summed E-state index contributed by atoms with van der Waals surface area (Å²) in [6.07, 6.45) is 15.7. The van der Waals surface area contributed by atoms with Gasteiger partial charge in [0.15, 0.2) is 0 Å². The van der Waals surface area contributed by atoms with Crippen molar-refractivity contribution in [2.45, 2.75) is 84.5 Å². The Labute approximate surface area is 143 Å². The third-order valence-electron chi connectivity index (χ3n) is 3.98. The lowest BCUT2D eigenvalue weighted by molar-refractivity contribution is -0.890. The molecule has 0 heterocycles. The highest BCUT2D eigenvalue weighted by molar-refractivity contribution is 7.43. The van der Waals surface area contributed by atoms with Gasteiger partial charge in [0.2, 0.25) is 0 Å². The summed E-state index contributed by atoms with van der Waals surface area (Å²) in [5.74, 6) is 0. The minimum Gasteiger partial charge on any atom is -0.756 e. The van der Waals surface area contributed by atoms with Gasteiger partial charge in [-0.2, -0.15) is 0 Å². The van der Waals surface area contributed by atoms with E-state index in [0.717, 1.165) is 0 Å². The largest absolute Gasteiger partial charge is 0.756 e. The fourth-order valence-electron chi connectivity index (χ4n) is 2.55.